The van der Waals surface area contributed by atoms with Gasteiger partial charge in [-0.2, -0.15) is 16.8 Å². The van der Waals surface area contributed by atoms with Crippen molar-refractivity contribution in [2.45, 2.75) is 0 Å². The summed E-state index contributed by atoms with van der Waals surface area (Å²) >= 11 is 0. The average Bonchev–Trinajstić information content (AvgIpc) is 1.45. The second kappa shape index (κ2) is 20.4. The molecule has 0 aromatic heterocycles. The first-order chi connectivity index (χ1) is 5.73. The number of hydrogen-bond acceptors (Lipinski definition) is 6. The van der Waals surface area contributed by atoms with Crippen molar-refractivity contribution in [1.29, 1.82) is 0 Å². The second-order valence-electron chi connectivity index (χ2n) is 1.13. The summed E-state index contributed by atoms with van der Waals surface area (Å²) in [6.07, 6.45) is 0. The Morgan fingerprint density at radius 2 is 0.722 bits per heavy atom. The predicted molar refractivity (Wildman–Crippen MR) is 60.2 cm³/mol. The molecular weight excluding hydrogens is 362 g/mol. The molecule has 18 heteroatoms. The van der Waals surface area contributed by atoms with Crippen molar-refractivity contribution in [3.8, 4) is 0 Å². The summed E-state index contributed by atoms with van der Waals surface area (Å²) in [5, 5.41) is 13.6. The van der Waals surface area contributed by atoms with Gasteiger partial charge < -0.3 is 5.21 Å². The normalized spacial score (nSPS) is 7.78. The Bertz CT molecular complexity index is 293. The standard InChI is InChI=1S/4Al.HNO3.2H2O4S/c;;;;2-1(3)4;2*1-5(2,3)4/h;;;;(H,2,3,4);2*(H2,1,2,3,4)/q4*+3;;;. The van der Waals surface area contributed by atoms with Crippen LogP contribution in [0.5, 0.6) is 0 Å². The number of rotatable bonds is 0. The first-order valence-corrected chi connectivity index (χ1v) is 4.76. The summed E-state index contributed by atoms with van der Waals surface area (Å²) in [4.78, 5) is 8.36. The Morgan fingerprint density at radius 3 is 0.722 bits per heavy atom. The van der Waals surface area contributed by atoms with Crippen LogP contribution in [-0.2, 0) is 20.8 Å². The Kier molecular flexibility index (Phi) is 48.4. The topological polar surface area (TPSA) is 213 Å². The van der Waals surface area contributed by atoms with Crippen molar-refractivity contribution in [2.24, 2.45) is 0 Å². The van der Waals surface area contributed by atoms with E-state index in [9.17, 15) is 0 Å². The third kappa shape index (κ3) is 3850. The van der Waals surface area contributed by atoms with Gasteiger partial charge in [0.1, 0.15) is 0 Å². The van der Waals surface area contributed by atoms with Crippen LogP contribution >= 0.6 is 0 Å². The summed E-state index contributed by atoms with van der Waals surface area (Å²) < 4.78 is 63.2. The second-order valence-corrected chi connectivity index (χ2v) is 2.92. The van der Waals surface area contributed by atoms with Gasteiger partial charge in [-0.1, -0.05) is 0 Å². The van der Waals surface area contributed by atoms with E-state index in [1.807, 2.05) is 0 Å². The molecular formula is H5Al4NO11S2+12. The van der Waals surface area contributed by atoms with Crippen molar-refractivity contribution >= 4 is 90.2 Å². The largest absolute Gasteiger partial charge is 3.00 e. The quantitative estimate of drug-likeness (QED) is 0.125. The van der Waals surface area contributed by atoms with Crippen LogP contribution in [0.15, 0.2) is 0 Å². The summed E-state index contributed by atoms with van der Waals surface area (Å²) in [5.74, 6) is 0. The summed E-state index contributed by atoms with van der Waals surface area (Å²) in [5.41, 5.74) is 0. The van der Waals surface area contributed by atoms with E-state index < -0.39 is 25.9 Å². The Hall–Kier alpha value is 1.07. The molecule has 0 aromatic carbocycles. The summed E-state index contributed by atoms with van der Waals surface area (Å²) in [6.45, 7) is 0. The van der Waals surface area contributed by atoms with Crippen LogP contribution in [0, 0.1) is 10.1 Å². The van der Waals surface area contributed by atoms with Gasteiger partial charge in [0.15, 0.2) is 0 Å². The SMILES string of the molecule is O=S(=O)(O)O.O=S(=O)(O)O.O=[N+]([O-])O.[Al+3].[Al+3].[Al+3].[Al+3]. The van der Waals surface area contributed by atoms with Gasteiger partial charge in [-0.15, -0.1) is 10.1 Å². The molecule has 0 saturated carbocycles. The van der Waals surface area contributed by atoms with Crippen molar-refractivity contribution < 1.29 is 45.3 Å². The molecule has 0 unspecified atom stereocenters. The van der Waals surface area contributed by atoms with E-state index in [1.165, 1.54) is 0 Å². The minimum Gasteiger partial charge on any atom is -0.328 e. The molecule has 0 atom stereocenters. The van der Waals surface area contributed by atoms with Crippen LogP contribution < -0.4 is 0 Å². The smallest absolute Gasteiger partial charge is 0.328 e. The minimum absolute atomic E-state index is 0. The molecule has 0 aliphatic carbocycles. The zero-order valence-electron chi connectivity index (χ0n) is 8.26. The summed E-state index contributed by atoms with van der Waals surface area (Å²) in [7, 11) is -9.33. The van der Waals surface area contributed by atoms with Gasteiger partial charge in [0.25, 0.3) is 5.09 Å². The maximum atomic E-state index is 8.74. The first-order valence-electron chi connectivity index (χ1n) is 1.96. The van der Waals surface area contributed by atoms with Gasteiger partial charge in [-0.05, 0) is 0 Å². The van der Waals surface area contributed by atoms with Gasteiger partial charge in [0, 0.05) is 0 Å². The fourth-order valence-corrected chi connectivity index (χ4v) is 0. The minimum atomic E-state index is -4.67. The van der Waals surface area contributed by atoms with E-state index >= 15 is 0 Å². The zero-order chi connectivity index (χ0) is 12.6. The molecule has 0 saturated heterocycles. The van der Waals surface area contributed by atoms with E-state index in [2.05, 4.69) is 0 Å². The molecule has 0 heterocycles. The molecule has 0 spiro atoms. The fourth-order valence-electron chi connectivity index (χ4n) is 0. The van der Waals surface area contributed by atoms with E-state index in [1.54, 1.807) is 0 Å². The van der Waals surface area contributed by atoms with Gasteiger partial charge in [0.05, 0.1) is 0 Å². The Morgan fingerprint density at radius 1 is 0.722 bits per heavy atom. The number of hydrogen-bond donors (Lipinski definition) is 5. The van der Waals surface area contributed by atoms with E-state index in [0.717, 1.165) is 0 Å². The Balaban J connectivity index is -0.0000000183. The fraction of sp³-hybridized carbons (Fsp3) is 0. The molecule has 12 nitrogen and oxygen atoms in total. The van der Waals surface area contributed by atoms with E-state index in [-0.39, 0.29) is 69.4 Å². The maximum absolute atomic E-state index is 8.74. The molecule has 0 bridgehead atoms. The molecule has 0 aliphatic heterocycles. The third-order valence-electron chi connectivity index (χ3n) is 0. The molecule has 0 fully saturated rings. The molecule has 88 valence electrons. The maximum Gasteiger partial charge on any atom is 3.00 e. The number of nitrogens with zero attached hydrogens (tertiary/aromatic N) is 1. The van der Waals surface area contributed by atoms with Crippen molar-refractivity contribution in [3.05, 3.63) is 10.1 Å². The van der Waals surface area contributed by atoms with E-state index in [4.69, 9.17) is 50.4 Å². The third-order valence-corrected chi connectivity index (χ3v) is 0. The van der Waals surface area contributed by atoms with Gasteiger partial charge >= 0.3 is 90.2 Å². The van der Waals surface area contributed by atoms with Crippen LogP contribution in [-0.4, -0.2) is 115 Å². The van der Waals surface area contributed by atoms with Crippen molar-refractivity contribution in [2.75, 3.05) is 0 Å². The van der Waals surface area contributed by atoms with Gasteiger partial charge in [-0.3, -0.25) is 18.2 Å². The zero-order valence-corrected chi connectivity index (χ0v) is 14.5. The van der Waals surface area contributed by atoms with Gasteiger partial charge in [0.2, 0.25) is 0 Å². The molecule has 0 amide bonds. The van der Waals surface area contributed by atoms with Crippen LogP contribution in [0.25, 0.3) is 0 Å². The Labute approximate surface area is 145 Å². The summed E-state index contributed by atoms with van der Waals surface area (Å²) in [6, 6.07) is 0. The molecule has 0 rings (SSSR count). The molecule has 5 N–H and O–H groups in total. The molecule has 0 aromatic rings. The van der Waals surface area contributed by atoms with Crippen LogP contribution in [0.3, 0.4) is 0 Å². The van der Waals surface area contributed by atoms with Gasteiger partial charge in [-0.25, -0.2) is 0 Å². The van der Waals surface area contributed by atoms with Crippen LogP contribution in [0.1, 0.15) is 0 Å². The average molecular weight is 367 g/mol. The van der Waals surface area contributed by atoms with Crippen molar-refractivity contribution in [3.63, 3.8) is 0 Å². The van der Waals surface area contributed by atoms with Crippen LogP contribution in [0.2, 0.25) is 0 Å². The monoisotopic (exact) mass is 367 g/mol. The van der Waals surface area contributed by atoms with Crippen LogP contribution in [0.4, 0.5) is 0 Å². The molecule has 0 aliphatic rings. The molecule has 0 radical (unpaired) electrons. The van der Waals surface area contributed by atoms with E-state index in [0.29, 0.717) is 0 Å². The molecule has 18 heavy (non-hydrogen) atoms. The predicted octanol–water partition coefficient (Wildman–Crippen LogP) is -3.18. The first kappa shape index (κ1) is 42.7. The van der Waals surface area contributed by atoms with Crippen molar-refractivity contribution in [1.82, 2.24) is 0 Å².